The minimum atomic E-state index is -0.141. The van der Waals surface area contributed by atoms with E-state index in [-0.39, 0.29) is 12.1 Å². The SMILES string of the molecule is CSc1cccc(CN(C)C(=O)Nc2ccc(OC[C@H]3CCCO3)cc2)c1. The lowest BCUT2D eigenvalue weighted by Crippen LogP contribution is -2.30. The third kappa shape index (κ3) is 5.91. The van der Waals surface area contributed by atoms with Crippen molar-refractivity contribution < 1.29 is 14.3 Å². The Labute approximate surface area is 165 Å². The fourth-order valence-corrected chi connectivity index (χ4v) is 3.42. The fraction of sp³-hybridized carbons (Fsp3) is 0.381. The molecule has 2 aromatic rings. The van der Waals surface area contributed by atoms with Gasteiger partial charge in [0.05, 0.1) is 6.10 Å². The standard InChI is InChI=1S/C21H26N2O3S/c1-23(14-16-5-3-7-20(13-16)27-2)21(24)22-17-8-10-18(11-9-17)26-15-19-6-4-12-25-19/h3,5,7-11,13,19H,4,6,12,14-15H2,1-2H3,(H,22,24)/t19-/m1/s1. The van der Waals surface area contributed by atoms with E-state index in [9.17, 15) is 4.79 Å². The van der Waals surface area contributed by atoms with E-state index in [4.69, 9.17) is 9.47 Å². The second kappa shape index (κ2) is 9.67. The normalized spacial score (nSPS) is 16.1. The third-order valence-corrected chi connectivity index (χ3v) is 5.19. The van der Waals surface area contributed by atoms with Crippen LogP contribution in [0.4, 0.5) is 10.5 Å². The van der Waals surface area contributed by atoms with Crippen molar-refractivity contribution in [2.24, 2.45) is 0 Å². The zero-order valence-electron chi connectivity index (χ0n) is 15.8. The first-order chi connectivity index (χ1) is 13.1. The van der Waals surface area contributed by atoms with Crippen LogP contribution in [0.15, 0.2) is 53.4 Å². The number of nitrogens with one attached hydrogen (secondary N) is 1. The van der Waals surface area contributed by atoms with Crippen molar-refractivity contribution in [1.82, 2.24) is 4.90 Å². The highest BCUT2D eigenvalue weighted by Gasteiger charge is 2.16. The summed E-state index contributed by atoms with van der Waals surface area (Å²) in [4.78, 5) is 15.3. The van der Waals surface area contributed by atoms with E-state index in [2.05, 4.69) is 17.4 Å². The summed E-state index contributed by atoms with van der Waals surface area (Å²) in [7, 11) is 1.79. The quantitative estimate of drug-likeness (QED) is 0.705. The predicted octanol–water partition coefficient (Wildman–Crippen LogP) is 4.63. The number of anilines is 1. The molecule has 144 valence electrons. The summed E-state index contributed by atoms with van der Waals surface area (Å²) in [5, 5.41) is 2.92. The van der Waals surface area contributed by atoms with Gasteiger partial charge in [-0.2, -0.15) is 0 Å². The van der Waals surface area contributed by atoms with Crippen LogP contribution >= 0.6 is 11.8 Å². The smallest absolute Gasteiger partial charge is 0.321 e. The first-order valence-corrected chi connectivity index (χ1v) is 10.4. The van der Waals surface area contributed by atoms with Crippen molar-refractivity contribution in [2.45, 2.75) is 30.4 Å². The maximum Gasteiger partial charge on any atom is 0.321 e. The molecule has 2 amide bonds. The van der Waals surface area contributed by atoms with Gasteiger partial charge in [0, 0.05) is 30.8 Å². The molecule has 0 bridgehead atoms. The number of thioether (sulfide) groups is 1. The summed E-state index contributed by atoms with van der Waals surface area (Å²) in [6.07, 6.45) is 4.40. The summed E-state index contributed by atoms with van der Waals surface area (Å²) in [6, 6.07) is 15.5. The van der Waals surface area contributed by atoms with Gasteiger partial charge in [-0.3, -0.25) is 0 Å². The molecule has 27 heavy (non-hydrogen) atoms. The van der Waals surface area contributed by atoms with Gasteiger partial charge in [-0.05, 0) is 61.1 Å². The number of hydrogen-bond acceptors (Lipinski definition) is 4. The molecule has 1 aliphatic heterocycles. The number of ether oxygens (including phenoxy) is 2. The molecule has 5 nitrogen and oxygen atoms in total. The molecule has 2 aromatic carbocycles. The molecule has 3 rings (SSSR count). The van der Waals surface area contributed by atoms with Crippen LogP contribution in [-0.4, -0.2) is 43.6 Å². The topological polar surface area (TPSA) is 50.8 Å². The second-order valence-corrected chi connectivity index (χ2v) is 7.49. The van der Waals surface area contributed by atoms with Gasteiger partial charge < -0.3 is 19.7 Å². The largest absolute Gasteiger partial charge is 0.491 e. The minimum Gasteiger partial charge on any atom is -0.491 e. The summed E-state index contributed by atoms with van der Waals surface area (Å²) < 4.78 is 11.3. The molecule has 0 saturated carbocycles. The molecule has 1 saturated heterocycles. The van der Waals surface area contributed by atoms with Gasteiger partial charge in [0.2, 0.25) is 0 Å². The minimum absolute atomic E-state index is 0.141. The van der Waals surface area contributed by atoms with Gasteiger partial charge in [0.15, 0.2) is 0 Å². The van der Waals surface area contributed by atoms with Gasteiger partial charge in [0.25, 0.3) is 0 Å². The average Bonchev–Trinajstić information content (AvgIpc) is 3.21. The molecule has 0 spiro atoms. The maximum absolute atomic E-state index is 12.4. The van der Waals surface area contributed by atoms with E-state index in [0.717, 1.165) is 36.4 Å². The van der Waals surface area contributed by atoms with Crippen molar-refractivity contribution >= 4 is 23.5 Å². The van der Waals surface area contributed by atoms with Gasteiger partial charge in [-0.15, -0.1) is 11.8 Å². The summed E-state index contributed by atoms with van der Waals surface area (Å²) in [6.45, 7) is 1.96. The van der Waals surface area contributed by atoms with Gasteiger partial charge in [-0.25, -0.2) is 4.79 Å². The van der Waals surface area contributed by atoms with E-state index in [1.54, 1.807) is 23.7 Å². The van der Waals surface area contributed by atoms with Crippen molar-refractivity contribution in [1.29, 1.82) is 0 Å². The van der Waals surface area contributed by atoms with Crippen LogP contribution in [0.3, 0.4) is 0 Å². The third-order valence-electron chi connectivity index (χ3n) is 4.47. The van der Waals surface area contributed by atoms with E-state index in [1.165, 1.54) is 4.90 Å². The van der Waals surface area contributed by atoms with Crippen LogP contribution in [0, 0.1) is 0 Å². The number of hydrogen-bond donors (Lipinski definition) is 1. The first-order valence-electron chi connectivity index (χ1n) is 9.13. The Morgan fingerprint density at radius 1 is 1.30 bits per heavy atom. The molecule has 6 heteroatoms. The van der Waals surface area contributed by atoms with E-state index >= 15 is 0 Å². The van der Waals surface area contributed by atoms with Crippen molar-refractivity contribution in [3.05, 3.63) is 54.1 Å². The Kier molecular flexibility index (Phi) is 7.01. The first kappa shape index (κ1) is 19.6. The van der Waals surface area contributed by atoms with E-state index in [0.29, 0.717) is 13.2 Å². The molecular weight excluding hydrogens is 360 g/mol. The van der Waals surface area contributed by atoms with Crippen LogP contribution in [0.2, 0.25) is 0 Å². The van der Waals surface area contributed by atoms with Crippen molar-refractivity contribution in [3.8, 4) is 5.75 Å². The number of nitrogens with zero attached hydrogens (tertiary/aromatic N) is 1. The molecule has 0 radical (unpaired) electrons. The Hall–Kier alpha value is -2.18. The molecule has 1 aliphatic rings. The Bertz CT molecular complexity index is 745. The monoisotopic (exact) mass is 386 g/mol. The summed E-state index contributed by atoms with van der Waals surface area (Å²) >= 11 is 1.70. The number of carbonyl (C=O) groups is 1. The molecule has 0 aromatic heterocycles. The zero-order chi connectivity index (χ0) is 19.1. The highest BCUT2D eigenvalue weighted by atomic mass is 32.2. The van der Waals surface area contributed by atoms with Gasteiger partial charge in [-0.1, -0.05) is 12.1 Å². The lowest BCUT2D eigenvalue weighted by atomic mass is 10.2. The lowest BCUT2D eigenvalue weighted by molar-refractivity contribution is 0.0679. The van der Waals surface area contributed by atoms with E-state index < -0.39 is 0 Å². The van der Waals surface area contributed by atoms with Crippen LogP contribution in [0.1, 0.15) is 18.4 Å². The number of urea groups is 1. The van der Waals surface area contributed by atoms with Crippen LogP contribution < -0.4 is 10.1 Å². The molecule has 1 N–H and O–H groups in total. The molecule has 1 atom stereocenters. The number of benzene rings is 2. The van der Waals surface area contributed by atoms with Gasteiger partial charge in [0.1, 0.15) is 12.4 Å². The molecule has 0 unspecified atom stereocenters. The van der Waals surface area contributed by atoms with E-state index in [1.807, 2.05) is 42.7 Å². The highest BCUT2D eigenvalue weighted by Crippen LogP contribution is 2.20. The number of rotatable bonds is 7. The van der Waals surface area contributed by atoms with Crippen LogP contribution in [0.5, 0.6) is 5.75 Å². The van der Waals surface area contributed by atoms with Crippen molar-refractivity contribution in [2.75, 3.05) is 31.8 Å². The van der Waals surface area contributed by atoms with Crippen LogP contribution in [-0.2, 0) is 11.3 Å². The zero-order valence-corrected chi connectivity index (χ0v) is 16.6. The Balaban J connectivity index is 1.48. The molecule has 0 aliphatic carbocycles. The Morgan fingerprint density at radius 3 is 2.81 bits per heavy atom. The second-order valence-electron chi connectivity index (χ2n) is 6.61. The predicted molar refractivity (Wildman–Crippen MR) is 110 cm³/mol. The molecule has 1 heterocycles. The van der Waals surface area contributed by atoms with Crippen LogP contribution in [0.25, 0.3) is 0 Å². The summed E-state index contributed by atoms with van der Waals surface area (Å²) in [5.41, 5.74) is 1.85. The maximum atomic E-state index is 12.4. The highest BCUT2D eigenvalue weighted by molar-refractivity contribution is 7.98. The number of carbonyl (C=O) groups excluding carboxylic acids is 1. The number of amides is 2. The van der Waals surface area contributed by atoms with Gasteiger partial charge >= 0.3 is 6.03 Å². The lowest BCUT2D eigenvalue weighted by Gasteiger charge is -2.18. The molecular formula is C21H26N2O3S. The Morgan fingerprint density at radius 2 is 2.11 bits per heavy atom. The molecule has 1 fully saturated rings. The summed E-state index contributed by atoms with van der Waals surface area (Å²) in [5.74, 6) is 0.783. The van der Waals surface area contributed by atoms with Crippen molar-refractivity contribution in [3.63, 3.8) is 0 Å². The fourth-order valence-electron chi connectivity index (χ4n) is 2.93. The average molecular weight is 387 g/mol.